The fraction of sp³-hybridized carbons (Fsp3) is 0.200. The van der Waals surface area contributed by atoms with Crippen molar-refractivity contribution in [3.63, 3.8) is 0 Å². The monoisotopic (exact) mass is 978 g/mol. The zero-order valence-corrected chi connectivity index (χ0v) is 38.4. The van der Waals surface area contributed by atoms with Crippen molar-refractivity contribution in [2.45, 2.75) is 71.6 Å². The van der Waals surface area contributed by atoms with Gasteiger partial charge in [0.1, 0.15) is 5.82 Å². The number of ether oxygens (including phenoxy) is 1. The van der Waals surface area contributed by atoms with Crippen molar-refractivity contribution in [2.75, 3.05) is 9.80 Å². The molecule has 310 valence electrons. The Morgan fingerprint density at radius 1 is 0.574 bits per heavy atom. The number of fused-ring (bicyclic) bond motifs is 3. The first-order chi connectivity index (χ1) is 28.7. The molecule has 8 aromatic rings. The molecule has 9 rings (SSSR count). The number of hydrogen-bond acceptors (Lipinski definition) is 4. The van der Waals surface area contributed by atoms with Crippen LogP contribution in [0.25, 0.3) is 33.3 Å². The number of nitrogens with zero attached hydrogens (tertiary/aromatic N) is 4. The minimum absolute atomic E-state index is 0. The van der Waals surface area contributed by atoms with Gasteiger partial charge < -0.3 is 19.1 Å². The molecule has 0 saturated heterocycles. The molecule has 6 aromatic carbocycles. The molecule has 0 amide bonds. The predicted octanol–water partition coefficient (Wildman–Crippen LogP) is 13.9. The van der Waals surface area contributed by atoms with Gasteiger partial charge in [-0.15, -0.1) is 48.1 Å². The van der Waals surface area contributed by atoms with Gasteiger partial charge in [-0.05, 0) is 80.6 Å². The van der Waals surface area contributed by atoms with Crippen LogP contribution in [-0.2, 0) is 37.3 Å². The Bertz CT molecular complexity index is 2850. The molecule has 0 spiro atoms. The fourth-order valence-electron chi connectivity index (χ4n) is 8.07. The van der Waals surface area contributed by atoms with Crippen molar-refractivity contribution in [3.8, 4) is 17.3 Å². The second kappa shape index (κ2) is 16.2. The van der Waals surface area contributed by atoms with Gasteiger partial charge in [-0.2, -0.15) is 12.1 Å². The van der Waals surface area contributed by atoms with E-state index in [4.69, 9.17) is 9.72 Å². The Morgan fingerprint density at radius 3 is 1.93 bits per heavy atom. The van der Waals surface area contributed by atoms with E-state index in [1.807, 2.05) is 24.4 Å². The smallest absolute Gasteiger partial charge is 0.135 e. The summed E-state index contributed by atoms with van der Waals surface area (Å²) in [6.07, 6.45) is 4.13. The van der Waals surface area contributed by atoms with Gasteiger partial charge in [0.2, 0.25) is 0 Å². The van der Waals surface area contributed by atoms with Gasteiger partial charge in [0.25, 0.3) is 0 Å². The SMILES string of the molecule is CC(C)(C)c1cc(N2C=C(c3ccccc3)N(c3[c-]c(Oc4[c-]c5c(cc4)c4ccccc4n5-c4cc(C(C)(C)c5ccccc5)ccn4)ccc3)[CH-]2)cc(C(C)(C)C)c1.[Pt]. The first-order valence-corrected chi connectivity index (χ1v) is 20.8. The minimum Gasteiger partial charge on any atom is -0.509 e. The summed E-state index contributed by atoms with van der Waals surface area (Å²) in [7, 11) is 0. The van der Waals surface area contributed by atoms with Gasteiger partial charge in [0.05, 0.1) is 0 Å². The summed E-state index contributed by atoms with van der Waals surface area (Å²) in [6.45, 7) is 20.4. The predicted molar refractivity (Wildman–Crippen MR) is 249 cm³/mol. The van der Waals surface area contributed by atoms with Crippen molar-refractivity contribution in [1.82, 2.24) is 9.55 Å². The Morgan fingerprint density at radius 2 is 1.23 bits per heavy atom. The quantitative estimate of drug-likeness (QED) is 0.142. The molecule has 0 atom stereocenters. The van der Waals surface area contributed by atoms with Crippen LogP contribution in [-0.4, -0.2) is 9.55 Å². The topological polar surface area (TPSA) is 33.5 Å². The van der Waals surface area contributed by atoms with E-state index in [-0.39, 0.29) is 37.3 Å². The van der Waals surface area contributed by atoms with E-state index in [0.717, 1.165) is 50.3 Å². The average molecular weight is 979 g/mol. The van der Waals surface area contributed by atoms with Gasteiger partial charge in [0, 0.05) is 61.1 Å². The third-order valence-electron chi connectivity index (χ3n) is 11.8. The van der Waals surface area contributed by atoms with Gasteiger partial charge in [0.15, 0.2) is 0 Å². The summed E-state index contributed by atoms with van der Waals surface area (Å²) in [5.41, 5.74) is 10.9. The molecule has 0 bridgehead atoms. The third kappa shape index (κ3) is 8.17. The van der Waals surface area contributed by atoms with Crippen molar-refractivity contribution in [3.05, 3.63) is 205 Å². The first kappa shape index (κ1) is 41.8. The number of rotatable bonds is 8. The van der Waals surface area contributed by atoms with Crippen LogP contribution >= 0.6 is 0 Å². The molecule has 2 aromatic heterocycles. The molecule has 0 radical (unpaired) electrons. The van der Waals surface area contributed by atoms with Crippen molar-refractivity contribution >= 4 is 38.9 Å². The number of aromatic nitrogens is 2. The molecular formula is C55H51N4OPt-3. The summed E-state index contributed by atoms with van der Waals surface area (Å²) < 4.78 is 8.85. The van der Waals surface area contributed by atoms with E-state index in [1.54, 1.807) is 0 Å². The summed E-state index contributed by atoms with van der Waals surface area (Å²) >= 11 is 0. The van der Waals surface area contributed by atoms with Crippen molar-refractivity contribution < 1.29 is 25.8 Å². The Balaban J connectivity index is 0.00000514. The maximum Gasteiger partial charge on any atom is 0.135 e. The molecule has 1 aliphatic heterocycles. The second-order valence-electron chi connectivity index (χ2n) is 18.4. The number of hydrogen-bond donors (Lipinski definition) is 0. The zero-order valence-electron chi connectivity index (χ0n) is 36.1. The normalized spacial score (nSPS) is 13.4. The second-order valence-corrected chi connectivity index (χ2v) is 18.4. The summed E-state index contributed by atoms with van der Waals surface area (Å²) in [6, 6.07) is 58.4. The molecule has 0 N–H and O–H groups in total. The molecule has 61 heavy (non-hydrogen) atoms. The summed E-state index contributed by atoms with van der Waals surface area (Å²) in [5, 5.41) is 2.22. The fourth-order valence-corrected chi connectivity index (χ4v) is 8.07. The van der Waals surface area contributed by atoms with Crippen LogP contribution in [0, 0.1) is 18.8 Å². The zero-order chi connectivity index (χ0) is 41.8. The molecule has 0 fully saturated rings. The Hall–Kier alpha value is -5.90. The van der Waals surface area contributed by atoms with Crippen molar-refractivity contribution in [1.29, 1.82) is 0 Å². The van der Waals surface area contributed by atoms with Gasteiger partial charge in [-0.25, -0.2) is 4.98 Å². The van der Waals surface area contributed by atoms with E-state index < -0.39 is 0 Å². The van der Waals surface area contributed by atoms with Crippen LogP contribution in [0.5, 0.6) is 11.5 Å². The third-order valence-corrected chi connectivity index (χ3v) is 11.8. The van der Waals surface area contributed by atoms with E-state index in [1.165, 1.54) is 22.3 Å². The number of pyridine rings is 1. The minimum atomic E-state index is -0.220. The molecule has 0 saturated carbocycles. The molecule has 1 aliphatic rings. The van der Waals surface area contributed by atoms with Crippen LogP contribution in [0.2, 0.25) is 0 Å². The standard InChI is InChI=1S/C55H51N4O.Pt/c1-53(2,3)41-30-42(54(4,5)6)32-44(31-41)57-36-51(38-18-11-9-12-19-38)58(37-57)43-22-17-23-45(34-43)60-46-26-27-48-47-24-15-16-25-49(47)59(50(48)35-46)52-33-40(28-29-56-52)55(7,8)39-20-13-10-14-21-39;/h9-33,36-37H,1-8H3;/q-3;. The van der Waals surface area contributed by atoms with E-state index >= 15 is 0 Å². The number of anilines is 2. The molecule has 6 heteroatoms. The maximum atomic E-state index is 6.65. The molecular weight excluding hydrogens is 928 g/mol. The van der Waals surface area contributed by atoms with Crippen molar-refractivity contribution in [2.24, 2.45) is 0 Å². The number of benzene rings is 6. The van der Waals surface area contributed by atoms with Crippen LogP contribution in [0.3, 0.4) is 0 Å². The molecule has 5 nitrogen and oxygen atoms in total. The van der Waals surface area contributed by atoms with Crippen LogP contribution in [0.4, 0.5) is 11.4 Å². The van der Waals surface area contributed by atoms with Gasteiger partial charge >= 0.3 is 0 Å². The Labute approximate surface area is 375 Å². The first-order valence-electron chi connectivity index (χ1n) is 20.8. The summed E-state index contributed by atoms with van der Waals surface area (Å²) in [4.78, 5) is 9.36. The molecule has 3 heterocycles. The molecule has 0 unspecified atom stereocenters. The maximum absolute atomic E-state index is 6.65. The van der Waals surface area contributed by atoms with E-state index in [0.29, 0.717) is 11.5 Å². The van der Waals surface area contributed by atoms with Gasteiger partial charge in [-0.1, -0.05) is 146 Å². The molecule has 0 aliphatic carbocycles. The summed E-state index contributed by atoms with van der Waals surface area (Å²) in [5.74, 6) is 2.03. The van der Waals surface area contributed by atoms with Crippen LogP contribution in [0.15, 0.2) is 158 Å². The van der Waals surface area contributed by atoms with Crippen LogP contribution in [0.1, 0.15) is 83.2 Å². The van der Waals surface area contributed by atoms with E-state index in [2.05, 4.69) is 222 Å². The van der Waals surface area contributed by atoms with Crippen LogP contribution < -0.4 is 14.5 Å². The average Bonchev–Trinajstić information content (AvgIpc) is 3.84. The largest absolute Gasteiger partial charge is 0.509 e. The number of para-hydroxylation sites is 1. The van der Waals surface area contributed by atoms with E-state index in [9.17, 15) is 0 Å². The Kier molecular flexibility index (Phi) is 11.1. The van der Waals surface area contributed by atoms with Gasteiger partial charge in [-0.3, -0.25) is 0 Å².